The number of aliphatic hydroxyl groups is 1. The number of unbranched alkanes of at least 4 members (excludes halogenated alkanes) is 4. The Hall–Kier alpha value is -1.87. The van der Waals surface area contributed by atoms with Crippen molar-refractivity contribution in [1.82, 2.24) is 20.7 Å². The number of nitrogens with one attached hydrogen (secondary N) is 2. The zero-order chi connectivity index (χ0) is 24.5. The van der Waals surface area contributed by atoms with E-state index >= 15 is 0 Å². The van der Waals surface area contributed by atoms with E-state index in [2.05, 4.69) is 27.6 Å². The van der Waals surface area contributed by atoms with Gasteiger partial charge in [0.1, 0.15) is 19.3 Å². The standard InChI is InChI=1S/C27H44N4O4/c1-2-3-4-5-6-11-26(32)28-22(20-30-14-9-10-25(30)29-31-15-7-8-16-31)27(33)21-12-13-23-24(19-21)35-18-17-34-23/h12-13,19,22,25,27,29,33H,2-11,14-18,20H2,1H3,(H,28,32)/t22-,25?,27-/m1/s1. The third-order valence-corrected chi connectivity index (χ3v) is 7.38. The van der Waals surface area contributed by atoms with Crippen LogP contribution in [0, 0.1) is 0 Å². The smallest absolute Gasteiger partial charge is 0.220 e. The van der Waals surface area contributed by atoms with Gasteiger partial charge in [-0.05, 0) is 56.3 Å². The van der Waals surface area contributed by atoms with E-state index in [1.54, 1.807) is 0 Å². The molecule has 3 aliphatic rings. The lowest BCUT2D eigenvalue weighted by molar-refractivity contribution is -0.123. The van der Waals surface area contributed by atoms with Gasteiger partial charge in [-0.15, -0.1) is 0 Å². The summed E-state index contributed by atoms with van der Waals surface area (Å²) < 4.78 is 11.4. The van der Waals surface area contributed by atoms with Gasteiger partial charge in [-0.1, -0.05) is 38.7 Å². The predicted molar refractivity (Wildman–Crippen MR) is 136 cm³/mol. The van der Waals surface area contributed by atoms with E-state index in [0.29, 0.717) is 37.7 Å². The van der Waals surface area contributed by atoms with Crippen molar-refractivity contribution in [1.29, 1.82) is 0 Å². The van der Waals surface area contributed by atoms with Crippen molar-refractivity contribution in [2.45, 2.75) is 89.4 Å². The Balaban J connectivity index is 1.41. The molecule has 3 N–H and O–H groups in total. The SMILES string of the molecule is CCCCCCCC(=O)N[C@H](CN1CCCC1NN1CCCC1)[C@H](O)c1ccc2c(c1)OCCO2. The molecule has 0 spiro atoms. The summed E-state index contributed by atoms with van der Waals surface area (Å²) in [5, 5.41) is 16.9. The molecule has 0 bridgehead atoms. The fourth-order valence-corrected chi connectivity index (χ4v) is 5.37. The number of hydrazine groups is 1. The highest BCUT2D eigenvalue weighted by molar-refractivity contribution is 5.76. The van der Waals surface area contributed by atoms with Crippen LogP contribution in [0.2, 0.25) is 0 Å². The molecule has 4 rings (SSSR count). The van der Waals surface area contributed by atoms with Crippen LogP contribution in [0.1, 0.15) is 82.8 Å². The Bertz CT molecular complexity index is 801. The maximum absolute atomic E-state index is 12.9. The Kier molecular flexibility index (Phi) is 10.1. The van der Waals surface area contributed by atoms with E-state index in [-0.39, 0.29) is 12.1 Å². The van der Waals surface area contributed by atoms with Gasteiger partial charge in [0.25, 0.3) is 0 Å². The zero-order valence-corrected chi connectivity index (χ0v) is 21.3. The van der Waals surface area contributed by atoms with E-state index in [1.165, 1.54) is 32.1 Å². The molecule has 3 atom stereocenters. The van der Waals surface area contributed by atoms with Crippen LogP contribution < -0.4 is 20.2 Å². The van der Waals surface area contributed by atoms with E-state index in [0.717, 1.165) is 50.9 Å². The summed E-state index contributed by atoms with van der Waals surface area (Å²) in [5.74, 6) is 1.38. The molecule has 0 saturated carbocycles. The second-order valence-corrected chi connectivity index (χ2v) is 10.2. The number of hydrogen-bond donors (Lipinski definition) is 3. The number of aliphatic hydroxyl groups excluding tert-OH is 1. The fourth-order valence-electron chi connectivity index (χ4n) is 5.37. The fraction of sp³-hybridized carbons (Fsp3) is 0.741. The van der Waals surface area contributed by atoms with Crippen molar-refractivity contribution in [3.8, 4) is 11.5 Å². The number of ether oxygens (including phenoxy) is 2. The number of fused-ring (bicyclic) bond motifs is 1. The molecule has 0 radical (unpaired) electrons. The van der Waals surface area contributed by atoms with E-state index in [9.17, 15) is 9.90 Å². The van der Waals surface area contributed by atoms with Crippen LogP contribution >= 0.6 is 0 Å². The first-order valence-corrected chi connectivity index (χ1v) is 13.8. The molecular formula is C27H44N4O4. The minimum atomic E-state index is -0.831. The van der Waals surface area contributed by atoms with Crippen molar-refractivity contribution < 1.29 is 19.4 Å². The Labute approximate surface area is 210 Å². The third kappa shape index (κ3) is 7.56. The van der Waals surface area contributed by atoms with Crippen LogP contribution in [0.15, 0.2) is 18.2 Å². The van der Waals surface area contributed by atoms with Gasteiger partial charge in [0.15, 0.2) is 11.5 Å². The molecule has 3 aliphatic heterocycles. The first-order chi connectivity index (χ1) is 17.1. The lowest BCUT2D eigenvalue weighted by Gasteiger charge is -2.34. The summed E-state index contributed by atoms with van der Waals surface area (Å²) in [6, 6.07) is 5.19. The van der Waals surface area contributed by atoms with Gasteiger partial charge in [0, 0.05) is 26.1 Å². The second kappa shape index (κ2) is 13.4. The zero-order valence-electron chi connectivity index (χ0n) is 21.3. The maximum atomic E-state index is 12.9. The molecule has 196 valence electrons. The molecule has 2 fully saturated rings. The number of amides is 1. The van der Waals surface area contributed by atoms with Gasteiger partial charge in [-0.3, -0.25) is 9.69 Å². The minimum absolute atomic E-state index is 0.0198. The lowest BCUT2D eigenvalue weighted by Crippen LogP contribution is -2.54. The number of likely N-dealkylation sites (tertiary alicyclic amines) is 1. The topological polar surface area (TPSA) is 86.3 Å². The molecule has 1 aromatic carbocycles. The molecule has 8 heteroatoms. The quantitative estimate of drug-likeness (QED) is 0.367. The number of carbonyl (C=O) groups excluding carboxylic acids is 1. The Morgan fingerprint density at radius 1 is 1.06 bits per heavy atom. The number of nitrogens with zero attached hydrogens (tertiary/aromatic N) is 2. The molecule has 1 unspecified atom stereocenters. The van der Waals surface area contributed by atoms with E-state index in [4.69, 9.17) is 9.47 Å². The summed E-state index contributed by atoms with van der Waals surface area (Å²) in [6.07, 6.45) is 10.1. The van der Waals surface area contributed by atoms with Gasteiger partial charge in [-0.25, -0.2) is 10.4 Å². The molecule has 0 aromatic heterocycles. The predicted octanol–water partition coefficient (Wildman–Crippen LogP) is 3.36. The second-order valence-electron chi connectivity index (χ2n) is 10.2. The average molecular weight is 489 g/mol. The number of carbonyl (C=O) groups is 1. The summed E-state index contributed by atoms with van der Waals surface area (Å²) in [6.45, 7) is 6.96. The van der Waals surface area contributed by atoms with Crippen LogP contribution in [-0.4, -0.2) is 72.5 Å². The first-order valence-electron chi connectivity index (χ1n) is 13.8. The van der Waals surface area contributed by atoms with Crippen molar-refractivity contribution in [2.24, 2.45) is 0 Å². The molecule has 1 aromatic rings. The van der Waals surface area contributed by atoms with E-state index < -0.39 is 12.1 Å². The maximum Gasteiger partial charge on any atom is 0.220 e. The summed E-state index contributed by atoms with van der Waals surface area (Å²) >= 11 is 0. The van der Waals surface area contributed by atoms with Crippen LogP contribution in [0.5, 0.6) is 11.5 Å². The largest absolute Gasteiger partial charge is 0.486 e. The summed E-state index contributed by atoms with van der Waals surface area (Å²) in [5.41, 5.74) is 4.43. The van der Waals surface area contributed by atoms with Gasteiger partial charge in [-0.2, -0.15) is 0 Å². The van der Waals surface area contributed by atoms with Gasteiger partial charge >= 0.3 is 0 Å². The molecular weight excluding hydrogens is 444 g/mol. The highest BCUT2D eigenvalue weighted by atomic mass is 16.6. The number of hydrogen-bond acceptors (Lipinski definition) is 7. The van der Waals surface area contributed by atoms with Crippen LogP contribution in [0.4, 0.5) is 0 Å². The van der Waals surface area contributed by atoms with Crippen molar-refractivity contribution in [2.75, 3.05) is 39.4 Å². The van der Waals surface area contributed by atoms with Crippen LogP contribution in [0.25, 0.3) is 0 Å². The van der Waals surface area contributed by atoms with Gasteiger partial charge in [0.05, 0.1) is 12.2 Å². The average Bonchev–Trinajstić information content (AvgIpc) is 3.55. The van der Waals surface area contributed by atoms with E-state index in [1.807, 2.05) is 18.2 Å². The van der Waals surface area contributed by atoms with Gasteiger partial charge < -0.3 is 19.9 Å². The lowest BCUT2D eigenvalue weighted by atomic mass is 10.00. The minimum Gasteiger partial charge on any atom is -0.486 e. The van der Waals surface area contributed by atoms with Crippen LogP contribution in [0.3, 0.4) is 0 Å². The highest BCUT2D eigenvalue weighted by Crippen LogP contribution is 2.34. The Morgan fingerprint density at radius 2 is 1.83 bits per heavy atom. The van der Waals surface area contributed by atoms with Crippen LogP contribution in [-0.2, 0) is 4.79 Å². The molecule has 8 nitrogen and oxygen atoms in total. The molecule has 35 heavy (non-hydrogen) atoms. The highest BCUT2D eigenvalue weighted by Gasteiger charge is 2.32. The summed E-state index contributed by atoms with van der Waals surface area (Å²) in [7, 11) is 0. The third-order valence-electron chi connectivity index (χ3n) is 7.38. The number of benzene rings is 1. The molecule has 3 heterocycles. The Morgan fingerprint density at radius 3 is 2.63 bits per heavy atom. The van der Waals surface area contributed by atoms with Crippen molar-refractivity contribution >= 4 is 5.91 Å². The molecule has 0 aliphatic carbocycles. The van der Waals surface area contributed by atoms with Crippen molar-refractivity contribution in [3.05, 3.63) is 23.8 Å². The molecule has 2 saturated heterocycles. The first kappa shape index (κ1) is 26.2. The summed E-state index contributed by atoms with van der Waals surface area (Å²) in [4.78, 5) is 15.3. The number of rotatable bonds is 13. The van der Waals surface area contributed by atoms with Gasteiger partial charge in [0.2, 0.25) is 5.91 Å². The monoisotopic (exact) mass is 488 g/mol. The normalized spacial score (nSPS) is 22.3. The van der Waals surface area contributed by atoms with Crippen molar-refractivity contribution in [3.63, 3.8) is 0 Å². The molecule has 1 amide bonds.